The summed E-state index contributed by atoms with van der Waals surface area (Å²) in [5.41, 5.74) is 11.4. The molecule has 20 heavy (non-hydrogen) atoms. The quantitative estimate of drug-likeness (QED) is 0.504. The van der Waals surface area contributed by atoms with E-state index in [0.29, 0.717) is 11.5 Å². The number of esters is 1. The first-order valence-electron chi connectivity index (χ1n) is 6.65. The fourth-order valence-electron chi connectivity index (χ4n) is 1.73. The number of ether oxygens (including phenoxy) is 1. The molecule has 112 valence electrons. The van der Waals surface area contributed by atoms with Crippen molar-refractivity contribution in [1.29, 1.82) is 0 Å². The SMILES string of the molecule is CCCCCNc1sc(C(N)=O)c(N)c1C(=O)OCC. The number of rotatable bonds is 8. The van der Waals surface area contributed by atoms with Crippen LogP contribution in [-0.4, -0.2) is 25.0 Å². The fourth-order valence-corrected chi connectivity index (χ4v) is 2.72. The van der Waals surface area contributed by atoms with Gasteiger partial charge in [-0.05, 0) is 13.3 Å². The second-order valence-electron chi connectivity index (χ2n) is 4.27. The molecule has 0 aliphatic carbocycles. The standard InChI is InChI=1S/C13H21N3O3S/c1-3-5-6-7-16-12-8(13(18)19-4-2)9(14)10(20-12)11(15)17/h16H,3-7,14H2,1-2H3,(H2,15,17). The number of unbranched alkanes of at least 4 members (excludes halogenated alkanes) is 2. The molecule has 0 atom stereocenters. The Bertz CT molecular complexity index is 485. The van der Waals surface area contributed by atoms with Crippen molar-refractivity contribution in [2.75, 3.05) is 24.2 Å². The lowest BCUT2D eigenvalue weighted by Gasteiger charge is -2.07. The van der Waals surface area contributed by atoms with Crippen LogP contribution in [-0.2, 0) is 4.74 Å². The summed E-state index contributed by atoms with van der Waals surface area (Å²) in [4.78, 5) is 23.4. The predicted octanol–water partition coefficient (Wildman–Crippen LogP) is 2.21. The number of amides is 1. The summed E-state index contributed by atoms with van der Waals surface area (Å²) in [7, 11) is 0. The maximum absolute atomic E-state index is 11.9. The molecule has 1 amide bonds. The zero-order chi connectivity index (χ0) is 15.1. The smallest absolute Gasteiger partial charge is 0.343 e. The highest BCUT2D eigenvalue weighted by Gasteiger charge is 2.25. The number of hydrogen-bond donors (Lipinski definition) is 3. The van der Waals surface area contributed by atoms with Gasteiger partial charge in [0.2, 0.25) is 0 Å². The van der Waals surface area contributed by atoms with E-state index in [1.54, 1.807) is 6.92 Å². The monoisotopic (exact) mass is 299 g/mol. The Labute approximate surface area is 122 Å². The van der Waals surface area contributed by atoms with E-state index in [1.807, 2.05) is 0 Å². The summed E-state index contributed by atoms with van der Waals surface area (Å²) >= 11 is 1.09. The van der Waals surface area contributed by atoms with Crippen LogP contribution in [0.3, 0.4) is 0 Å². The summed E-state index contributed by atoms with van der Waals surface area (Å²) in [6, 6.07) is 0. The molecule has 1 heterocycles. The largest absolute Gasteiger partial charge is 0.462 e. The summed E-state index contributed by atoms with van der Waals surface area (Å²) in [5.74, 6) is -1.17. The third-order valence-electron chi connectivity index (χ3n) is 2.71. The van der Waals surface area contributed by atoms with E-state index < -0.39 is 11.9 Å². The lowest BCUT2D eigenvalue weighted by Crippen LogP contribution is -2.13. The Morgan fingerprint density at radius 2 is 2.00 bits per heavy atom. The molecule has 1 aromatic rings. The van der Waals surface area contributed by atoms with Gasteiger partial charge in [0.25, 0.3) is 5.91 Å². The molecule has 6 nitrogen and oxygen atoms in total. The van der Waals surface area contributed by atoms with Crippen LogP contribution < -0.4 is 16.8 Å². The first-order chi connectivity index (χ1) is 9.52. The molecular weight excluding hydrogens is 278 g/mol. The summed E-state index contributed by atoms with van der Waals surface area (Å²) in [6.45, 7) is 4.77. The Balaban J connectivity index is 2.98. The zero-order valence-corrected chi connectivity index (χ0v) is 12.6. The topological polar surface area (TPSA) is 107 Å². The fraction of sp³-hybridized carbons (Fsp3) is 0.538. The van der Waals surface area contributed by atoms with Crippen molar-refractivity contribution in [3.05, 3.63) is 10.4 Å². The zero-order valence-electron chi connectivity index (χ0n) is 11.8. The van der Waals surface area contributed by atoms with Crippen LogP contribution in [0, 0.1) is 0 Å². The van der Waals surface area contributed by atoms with Gasteiger partial charge in [-0.2, -0.15) is 0 Å². The number of carbonyl (C=O) groups excluding carboxylic acids is 2. The summed E-state index contributed by atoms with van der Waals surface area (Å²) in [5, 5.41) is 3.68. The Kier molecular flexibility index (Phi) is 6.30. The molecule has 0 aliphatic heterocycles. The molecule has 7 heteroatoms. The van der Waals surface area contributed by atoms with Gasteiger partial charge < -0.3 is 21.5 Å². The van der Waals surface area contributed by atoms with Crippen molar-refractivity contribution < 1.29 is 14.3 Å². The predicted molar refractivity (Wildman–Crippen MR) is 81.2 cm³/mol. The highest BCUT2D eigenvalue weighted by molar-refractivity contribution is 7.19. The molecule has 0 aliphatic rings. The van der Waals surface area contributed by atoms with Crippen molar-refractivity contribution in [3.63, 3.8) is 0 Å². The lowest BCUT2D eigenvalue weighted by molar-refractivity contribution is 0.0529. The first kappa shape index (κ1) is 16.3. The number of primary amides is 1. The van der Waals surface area contributed by atoms with Gasteiger partial charge in [-0.15, -0.1) is 11.3 Å². The molecule has 0 saturated heterocycles. The van der Waals surface area contributed by atoms with E-state index >= 15 is 0 Å². The molecule has 0 saturated carbocycles. The third-order valence-corrected chi connectivity index (χ3v) is 3.89. The van der Waals surface area contributed by atoms with Crippen molar-refractivity contribution in [3.8, 4) is 0 Å². The Hall–Kier alpha value is -1.76. The van der Waals surface area contributed by atoms with E-state index in [-0.39, 0.29) is 22.7 Å². The van der Waals surface area contributed by atoms with E-state index in [0.717, 1.165) is 30.6 Å². The minimum absolute atomic E-state index is 0.0962. The van der Waals surface area contributed by atoms with Gasteiger partial charge in [0.1, 0.15) is 15.4 Å². The number of nitrogens with two attached hydrogens (primary N) is 2. The van der Waals surface area contributed by atoms with Crippen LogP contribution in [0.2, 0.25) is 0 Å². The van der Waals surface area contributed by atoms with E-state index in [9.17, 15) is 9.59 Å². The van der Waals surface area contributed by atoms with E-state index in [1.165, 1.54) is 0 Å². The number of hydrogen-bond acceptors (Lipinski definition) is 6. The van der Waals surface area contributed by atoms with Gasteiger partial charge >= 0.3 is 5.97 Å². The van der Waals surface area contributed by atoms with Crippen LogP contribution in [0.1, 0.15) is 53.1 Å². The Morgan fingerprint density at radius 3 is 2.55 bits per heavy atom. The molecule has 0 unspecified atom stereocenters. The van der Waals surface area contributed by atoms with Crippen LogP contribution in [0.15, 0.2) is 0 Å². The van der Waals surface area contributed by atoms with E-state index in [2.05, 4.69) is 12.2 Å². The van der Waals surface area contributed by atoms with Crippen LogP contribution in [0.25, 0.3) is 0 Å². The molecular formula is C13H21N3O3S. The molecule has 1 rings (SSSR count). The summed E-state index contributed by atoms with van der Waals surface area (Å²) in [6.07, 6.45) is 3.17. The van der Waals surface area contributed by atoms with Crippen molar-refractivity contribution in [2.24, 2.45) is 5.73 Å². The van der Waals surface area contributed by atoms with Crippen molar-refractivity contribution in [1.82, 2.24) is 0 Å². The van der Waals surface area contributed by atoms with E-state index in [4.69, 9.17) is 16.2 Å². The first-order valence-corrected chi connectivity index (χ1v) is 7.47. The van der Waals surface area contributed by atoms with Gasteiger partial charge in [-0.3, -0.25) is 4.79 Å². The molecule has 0 fully saturated rings. The third kappa shape index (κ3) is 3.86. The highest BCUT2D eigenvalue weighted by Crippen LogP contribution is 2.36. The van der Waals surface area contributed by atoms with Crippen molar-refractivity contribution in [2.45, 2.75) is 33.1 Å². The second-order valence-corrected chi connectivity index (χ2v) is 5.29. The number of nitrogens with one attached hydrogen (secondary N) is 1. The molecule has 0 bridgehead atoms. The minimum Gasteiger partial charge on any atom is -0.462 e. The molecule has 0 spiro atoms. The minimum atomic E-state index is -0.639. The van der Waals surface area contributed by atoms with Crippen molar-refractivity contribution >= 4 is 33.9 Å². The second kappa shape index (κ2) is 7.74. The van der Waals surface area contributed by atoms with Crippen LogP contribution >= 0.6 is 11.3 Å². The average Bonchev–Trinajstić information content (AvgIpc) is 2.72. The lowest BCUT2D eigenvalue weighted by atomic mass is 10.2. The number of nitrogen functional groups attached to an aromatic ring is 1. The van der Waals surface area contributed by atoms with Gasteiger partial charge in [0.05, 0.1) is 12.3 Å². The molecule has 0 aromatic carbocycles. The number of thiophene rings is 1. The van der Waals surface area contributed by atoms with Gasteiger partial charge in [0.15, 0.2) is 0 Å². The molecule has 1 aromatic heterocycles. The summed E-state index contributed by atoms with van der Waals surface area (Å²) < 4.78 is 4.97. The number of carbonyl (C=O) groups is 2. The number of anilines is 2. The maximum atomic E-state index is 11.9. The Morgan fingerprint density at radius 1 is 1.30 bits per heavy atom. The van der Waals surface area contributed by atoms with Gasteiger partial charge in [-0.1, -0.05) is 19.8 Å². The van der Waals surface area contributed by atoms with Crippen LogP contribution in [0.5, 0.6) is 0 Å². The normalized spacial score (nSPS) is 10.3. The van der Waals surface area contributed by atoms with Crippen LogP contribution in [0.4, 0.5) is 10.7 Å². The maximum Gasteiger partial charge on any atom is 0.343 e. The van der Waals surface area contributed by atoms with Gasteiger partial charge in [0, 0.05) is 6.54 Å². The average molecular weight is 299 g/mol. The van der Waals surface area contributed by atoms with Gasteiger partial charge in [-0.25, -0.2) is 4.79 Å². The molecule has 5 N–H and O–H groups in total. The highest BCUT2D eigenvalue weighted by atomic mass is 32.1. The molecule has 0 radical (unpaired) electrons.